The van der Waals surface area contributed by atoms with E-state index in [4.69, 9.17) is 11.6 Å². The van der Waals surface area contributed by atoms with Gasteiger partial charge in [0.2, 0.25) is 0 Å². The molecule has 0 saturated carbocycles. The number of nitrogens with one attached hydrogen (secondary N) is 1. The van der Waals surface area contributed by atoms with Crippen LogP contribution >= 0.6 is 22.9 Å². The van der Waals surface area contributed by atoms with Crippen LogP contribution in [0.5, 0.6) is 0 Å². The van der Waals surface area contributed by atoms with Gasteiger partial charge in [-0.05, 0) is 49.9 Å². The average molecular weight is 445 g/mol. The fourth-order valence-corrected chi connectivity index (χ4v) is 4.41. The van der Waals surface area contributed by atoms with Crippen molar-refractivity contribution in [3.8, 4) is 5.69 Å². The molecule has 0 atom stereocenters. The van der Waals surface area contributed by atoms with E-state index in [0.29, 0.717) is 21.5 Å². The van der Waals surface area contributed by atoms with Crippen LogP contribution in [0.3, 0.4) is 0 Å². The lowest BCUT2D eigenvalue weighted by Gasteiger charge is -2.07. The number of rotatable bonds is 5. The highest BCUT2D eigenvalue weighted by atomic mass is 35.5. The lowest BCUT2D eigenvalue weighted by atomic mass is 10.1. The molecule has 0 unspecified atom stereocenters. The second kappa shape index (κ2) is 8.97. The summed E-state index contributed by atoms with van der Waals surface area (Å²) in [6.07, 6.45) is 4.98. The van der Waals surface area contributed by atoms with Gasteiger partial charge in [-0.25, -0.2) is 9.67 Å². The smallest absolute Gasteiger partial charge is 0.311 e. The van der Waals surface area contributed by atoms with Crippen LogP contribution in [0.1, 0.15) is 46.7 Å². The molecule has 0 spiro atoms. The molecule has 1 N–H and O–H groups in total. The van der Waals surface area contributed by atoms with E-state index in [1.165, 1.54) is 18.4 Å². The maximum absolute atomic E-state index is 13.1. The van der Waals surface area contributed by atoms with Gasteiger partial charge in [0.1, 0.15) is 0 Å². The number of carbonyl (C=O) groups is 2. The number of hydrogen-bond acceptors (Lipinski definition) is 6. The SMILES string of the molecule is COC(=O)Cc1csc(NC(=O)c2nn(-c3ccc(Cl)cc3)c3c2CCCCC3)n1. The van der Waals surface area contributed by atoms with Crippen LogP contribution in [0.4, 0.5) is 5.13 Å². The predicted molar refractivity (Wildman–Crippen MR) is 116 cm³/mol. The number of benzene rings is 1. The Morgan fingerprint density at radius 1 is 1.20 bits per heavy atom. The van der Waals surface area contributed by atoms with Crippen molar-refractivity contribution in [2.45, 2.75) is 38.5 Å². The van der Waals surface area contributed by atoms with E-state index in [1.54, 1.807) is 5.38 Å². The zero-order valence-electron chi connectivity index (χ0n) is 16.5. The zero-order valence-corrected chi connectivity index (χ0v) is 18.1. The van der Waals surface area contributed by atoms with E-state index >= 15 is 0 Å². The highest BCUT2D eigenvalue weighted by Gasteiger charge is 2.25. The summed E-state index contributed by atoms with van der Waals surface area (Å²) in [5.74, 6) is -0.662. The molecule has 1 aromatic carbocycles. The number of aromatic nitrogens is 3. The van der Waals surface area contributed by atoms with Gasteiger partial charge in [-0.1, -0.05) is 18.0 Å². The van der Waals surface area contributed by atoms with E-state index in [9.17, 15) is 9.59 Å². The van der Waals surface area contributed by atoms with Gasteiger partial charge in [-0.15, -0.1) is 11.3 Å². The quantitative estimate of drug-likeness (QED) is 0.470. The molecule has 0 bridgehead atoms. The van der Waals surface area contributed by atoms with Gasteiger partial charge in [0.15, 0.2) is 10.8 Å². The van der Waals surface area contributed by atoms with Gasteiger partial charge in [0, 0.05) is 21.7 Å². The van der Waals surface area contributed by atoms with Crippen molar-refractivity contribution in [3.05, 3.63) is 57.3 Å². The normalized spacial score (nSPS) is 13.4. The lowest BCUT2D eigenvalue weighted by Crippen LogP contribution is -2.15. The van der Waals surface area contributed by atoms with Crippen LogP contribution in [-0.2, 0) is 28.8 Å². The third kappa shape index (κ3) is 4.39. The number of ether oxygens (including phenoxy) is 1. The Balaban J connectivity index is 1.62. The van der Waals surface area contributed by atoms with E-state index in [1.807, 2.05) is 28.9 Å². The molecule has 30 heavy (non-hydrogen) atoms. The summed E-state index contributed by atoms with van der Waals surface area (Å²) in [5.41, 5.74) is 3.93. The number of esters is 1. The van der Waals surface area contributed by atoms with Crippen LogP contribution in [0.15, 0.2) is 29.6 Å². The first-order chi connectivity index (χ1) is 14.5. The minimum absolute atomic E-state index is 0.0729. The van der Waals surface area contributed by atoms with Gasteiger partial charge in [0.05, 0.1) is 24.9 Å². The lowest BCUT2D eigenvalue weighted by molar-refractivity contribution is -0.139. The number of amides is 1. The Labute approximate surface area is 183 Å². The van der Waals surface area contributed by atoms with E-state index in [0.717, 1.165) is 49.0 Å². The Hall–Kier alpha value is -2.71. The number of halogens is 1. The first-order valence-electron chi connectivity index (χ1n) is 9.74. The molecule has 1 amide bonds. The van der Waals surface area contributed by atoms with E-state index in [2.05, 4.69) is 20.1 Å². The molecular weight excluding hydrogens is 424 g/mol. The number of thiazole rings is 1. The molecule has 0 aliphatic heterocycles. The predicted octanol–water partition coefficient (Wildman–Crippen LogP) is 4.22. The average Bonchev–Trinajstić information content (AvgIpc) is 3.24. The van der Waals surface area contributed by atoms with Crippen LogP contribution in [-0.4, -0.2) is 33.8 Å². The number of carbonyl (C=O) groups excluding carboxylic acids is 2. The molecular formula is C21H21ClN4O3S. The van der Waals surface area contributed by atoms with Crippen LogP contribution in [0.25, 0.3) is 5.69 Å². The highest BCUT2D eigenvalue weighted by molar-refractivity contribution is 7.14. The fraction of sp³-hybridized carbons (Fsp3) is 0.333. The van der Waals surface area contributed by atoms with Gasteiger partial charge >= 0.3 is 5.97 Å². The number of fused-ring (bicyclic) bond motifs is 1. The van der Waals surface area contributed by atoms with Gasteiger partial charge < -0.3 is 4.74 Å². The summed E-state index contributed by atoms with van der Waals surface area (Å²) >= 11 is 7.30. The minimum atomic E-state index is -0.370. The molecule has 4 rings (SSSR count). The first-order valence-corrected chi connectivity index (χ1v) is 11.0. The number of anilines is 1. The van der Waals surface area contributed by atoms with Crippen LogP contribution < -0.4 is 5.32 Å². The van der Waals surface area contributed by atoms with Gasteiger partial charge in [-0.3, -0.25) is 14.9 Å². The Morgan fingerprint density at radius 2 is 1.97 bits per heavy atom. The summed E-state index contributed by atoms with van der Waals surface area (Å²) < 4.78 is 6.51. The Bertz CT molecular complexity index is 1070. The first kappa shape index (κ1) is 20.6. The molecule has 0 saturated heterocycles. The molecule has 1 aliphatic carbocycles. The van der Waals surface area contributed by atoms with Crippen LogP contribution in [0, 0.1) is 0 Å². The largest absolute Gasteiger partial charge is 0.469 e. The topological polar surface area (TPSA) is 86.1 Å². The summed E-state index contributed by atoms with van der Waals surface area (Å²) in [6.45, 7) is 0. The molecule has 9 heteroatoms. The molecule has 7 nitrogen and oxygen atoms in total. The molecule has 1 aliphatic rings. The summed E-state index contributed by atoms with van der Waals surface area (Å²) in [6, 6.07) is 7.45. The molecule has 2 aromatic heterocycles. The molecule has 156 valence electrons. The number of hydrogen-bond donors (Lipinski definition) is 1. The van der Waals surface area contributed by atoms with Crippen LogP contribution in [0.2, 0.25) is 5.02 Å². The van der Waals surface area contributed by atoms with Crippen molar-refractivity contribution in [1.29, 1.82) is 0 Å². The number of methoxy groups -OCH3 is 1. The Kier molecular flexibility index (Phi) is 6.15. The Morgan fingerprint density at radius 3 is 2.73 bits per heavy atom. The van der Waals surface area contributed by atoms with E-state index < -0.39 is 0 Å². The monoisotopic (exact) mass is 444 g/mol. The summed E-state index contributed by atoms with van der Waals surface area (Å²) in [7, 11) is 1.33. The molecule has 0 fully saturated rings. The maximum Gasteiger partial charge on any atom is 0.311 e. The highest BCUT2D eigenvalue weighted by Crippen LogP contribution is 2.28. The van der Waals surface area contributed by atoms with Crippen molar-refractivity contribution < 1.29 is 14.3 Å². The van der Waals surface area contributed by atoms with Gasteiger partial charge in [-0.2, -0.15) is 5.10 Å². The van der Waals surface area contributed by atoms with Gasteiger partial charge in [0.25, 0.3) is 5.91 Å². The second-order valence-corrected chi connectivity index (χ2v) is 8.37. The summed E-state index contributed by atoms with van der Waals surface area (Å²) in [4.78, 5) is 28.8. The summed E-state index contributed by atoms with van der Waals surface area (Å²) in [5, 5.41) is 10.3. The maximum atomic E-state index is 13.1. The molecule has 2 heterocycles. The minimum Gasteiger partial charge on any atom is -0.469 e. The number of nitrogens with zero attached hydrogens (tertiary/aromatic N) is 3. The van der Waals surface area contributed by atoms with Crippen molar-refractivity contribution in [2.75, 3.05) is 12.4 Å². The third-order valence-electron chi connectivity index (χ3n) is 5.04. The standard InChI is InChI=1S/C21H21ClN4O3S/c1-29-18(27)11-14-12-30-21(23-14)24-20(28)19-16-5-3-2-4-6-17(16)26(25-19)15-9-7-13(22)8-10-15/h7-10,12H,2-6,11H2,1H3,(H,23,24,28). The van der Waals surface area contributed by atoms with Crippen molar-refractivity contribution >= 4 is 39.9 Å². The van der Waals surface area contributed by atoms with E-state index in [-0.39, 0.29) is 18.3 Å². The van der Waals surface area contributed by atoms with Crippen molar-refractivity contribution in [3.63, 3.8) is 0 Å². The van der Waals surface area contributed by atoms with Crippen molar-refractivity contribution in [2.24, 2.45) is 0 Å². The second-order valence-electron chi connectivity index (χ2n) is 7.07. The molecule has 0 radical (unpaired) electrons. The van der Waals surface area contributed by atoms with Crippen molar-refractivity contribution in [1.82, 2.24) is 14.8 Å². The fourth-order valence-electron chi connectivity index (χ4n) is 3.58. The third-order valence-corrected chi connectivity index (χ3v) is 6.10. The molecule has 3 aromatic rings. The zero-order chi connectivity index (χ0) is 21.1.